The summed E-state index contributed by atoms with van der Waals surface area (Å²) in [6, 6.07) is 0.502. The first-order valence-corrected chi connectivity index (χ1v) is 6.42. The van der Waals surface area contributed by atoms with E-state index < -0.39 is 0 Å². The molecule has 0 bridgehead atoms. The second kappa shape index (κ2) is 6.49. The molecule has 15 heavy (non-hydrogen) atoms. The minimum absolute atomic E-state index is 0.502. The number of hydrogen-bond acceptors (Lipinski definition) is 2. The second-order valence-corrected chi connectivity index (χ2v) is 5.37. The van der Waals surface area contributed by atoms with E-state index in [1.165, 1.54) is 25.7 Å². The van der Waals surface area contributed by atoms with Crippen LogP contribution in [0.2, 0.25) is 0 Å². The van der Waals surface area contributed by atoms with Crippen molar-refractivity contribution >= 4 is 0 Å². The normalized spacial score (nSPS) is 29.4. The summed E-state index contributed by atoms with van der Waals surface area (Å²) in [5.74, 6) is 1.51. The van der Waals surface area contributed by atoms with Crippen molar-refractivity contribution in [2.45, 2.75) is 58.6 Å². The summed E-state index contributed by atoms with van der Waals surface area (Å²) >= 11 is 0. The number of nitrogens with one attached hydrogen (secondary N) is 1. The van der Waals surface area contributed by atoms with Gasteiger partial charge in [-0.25, -0.2) is 0 Å². The quantitative estimate of drug-likeness (QED) is 0.758. The lowest BCUT2D eigenvalue weighted by Gasteiger charge is -2.29. The van der Waals surface area contributed by atoms with Crippen molar-refractivity contribution in [3.63, 3.8) is 0 Å². The van der Waals surface area contributed by atoms with Crippen molar-refractivity contribution in [1.82, 2.24) is 5.32 Å². The van der Waals surface area contributed by atoms with Crippen LogP contribution < -0.4 is 5.32 Å². The average molecular weight is 213 g/mol. The third-order valence-electron chi connectivity index (χ3n) is 3.58. The highest BCUT2D eigenvalue weighted by atomic mass is 16.5. The van der Waals surface area contributed by atoms with E-state index in [0.717, 1.165) is 12.5 Å². The van der Waals surface area contributed by atoms with Crippen LogP contribution in [0.3, 0.4) is 0 Å². The highest BCUT2D eigenvalue weighted by Gasteiger charge is 2.21. The van der Waals surface area contributed by atoms with Crippen LogP contribution in [0.25, 0.3) is 0 Å². The Balaban J connectivity index is 2.23. The molecule has 0 aromatic rings. The summed E-state index contributed by atoms with van der Waals surface area (Å²) in [6.07, 6.45) is 5.77. The summed E-state index contributed by atoms with van der Waals surface area (Å²) in [4.78, 5) is 0. The molecule has 2 nitrogen and oxygen atoms in total. The van der Waals surface area contributed by atoms with Gasteiger partial charge in [0.05, 0.1) is 12.7 Å². The molecule has 1 N–H and O–H groups in total. The molecule has 2 heteroatoms. The molecule has 1 fully saturated rings. The Labute approximate surface area is 94.8 Å². The van der Waals surface area contributed by atoms with Gasteiger partial charge in [0.25, 0.3) is 0 Å². The van der Waals surface area contributed by atoms with Gasteiger partial charge < -0.3 is 10.1 Å². The molecular formula is C13H27NO. The highest BCUT2D eigenvalue weighted by Crippen LogP contribution is 2.25. The molecule has 0 aromatic heterocycles. The molecule has 3 unspecified atom stereocenters. The molecule has 0 aliphatic heterocycles. The molecular weight excluding hydrogens is 186 g/mol. The molecule has 1 aliphatic rings. The van der Waals surface area contributed by atoms with Gasteiger partial charge in [-0.15, -0.1) is 0 Å². The lowest BCUT2D eigenvalue weighted by molar-refractivity contribution is -0.000445. The molecule has 0 saturated heterocycles. The Bertz CT molecular complexity index is 170. The predicted molar refractivity (Wildman–Crippen MR) is 65.1 cm³/mol. The van der Waals surface area contributed by atoms with E-state index in [0.29, 0.717) is 18.1 Å². The maximum absolute atomic E-state index is 6.01. The van der Waals surface area contributed by atoms with E-state index in [1.54, 1.807) is 0 Å². The van der Waals surface area contributed by atoms with Gasteiger partial charge in [-0.2, -0.15) is 0 Å². The zero-order valence-electron chi connectivity index (χ0n) is 10.8. The van der Waals surface area contributed by atoms with Gasteiger partial charge in [-0.3, -0.25) is 0 Å². The van der Waals surface area contributed by atoms with Gasteiger partial charge >= 0.3 is 0 Å². The average Bonchev–Trinajstić information content (AvgIpc) is 2.18. The number of likely N-dealkylation sites (N-methyl/N-ethyl adjacent to an activating group) is 1. The molecule has 1 aliphatic carbocycles. The predicted octanol–water partition coefficient (Wildman–Crippen LogP) is 2.83. The van der Waals surface area contributed by atoms with Crippen LogP contribution in [0.1, 0.15) is 46.5 Å². The van der Waals surface area contributed by atoms with E-state index in [1.807, 2.05) is 7.05 Å². The molecule has 90 valence electrons. The highest BCUT2D eigenvalue weighted by molar-refractivity contribution is 4.73. The lowest BCUT2D eigenvalue weighted by Crippen LogP contribution is -2.37. The van der Waals surface area contributed by atoms with E-state index >= 15 is 0 Å². The maximum Gasteiger partial charge on any atom is 0.0625 e. The first kappa shape index (κ1) is 13.0. The molecule has 1 saturated carbocycles. The van der Waals surface area contributed by atoms with Crippen molar-refractivity contribution in [3.8, 4) is 0 Å². The Morgan fingerprint density at radius 2 is 2.07 bits per heavy atom. The summed E-state index contributed by atoms with van der Waals surface area (Å²) < 4.78 is 6.01. The minimum Gasteiger partial charge on any atom is -0.377 e. The Hall–Kier alpha value is -0.0800. The van der Waals surface area contributed by atoms with Gasteiger partial charge in [0.2, 0.25) is 0 Å². The zero-order valence-corrected chi connectivity index (χ0v) is 10.8. The fourth-order valence-corrected chi connectivity index (χ4v) is 2.38. The Morgan fingerprint density at radius 1 is 1.33 bits per heavy atom. The summed E-state index contributed by atoms with van der Waals surface area (Å²) in [6.45, 7) is 7.70. The molecule has 0 spiro atoms. The van der Waals surface area contributed by atoms with Crippen LogP contribution in [0.5, 0.6) is 0 Å². The summed E-state index contributed by atoms with van der Waals surface area (Å²) in [5.41, 5.74) is 0. The Morgan fingerprint density at radius 3 is 2.60 bits per heavy atom. The van der Waals surface area contributed by atoms with Crippen molar-refractivity contribution in [2.24, 2.45) is 11.8 Å². The standard InChI is InChI=1S/C13H27NO/c1-10(2)13(14-4)9-15-12-7-5-6-11(3)8-12/h10-14H,5-9H2,1-4H3. The Kier molecular flexibility index (Phi) is 5.62. The third-order valence-corrected chi connectivity index (χ3v) is 3.58. The second-order valence-electron chi connectivity index (χ2n) is 5.37. The largest absolute Gasteiger partial charge is 0.377 e. The SMILES string of the molecule is CNC(COC1CCCC(C)C1)C(C)C. The molecule has 0 radical (unpaired) electrons. The zero-order chi connectivity index (χ0) is 11.3. The van der Waals surface area contributed by atoms with Crippen LogP contribution in [-0.2, 0) is 4.74 Å². The monoisotopic (exact) mass is 213 g/mol. The molecule has 0 heterocycles. The van der Waals surface area contributed by atoms with Crippen molar-refractivity contribution in [3.05, 3.63) is 0 Å². The van der Waals surface area contributed by atoms with Gasteiger partial charge in [0.1, 0.15) is 0 Å². The third kappa shape index (κ3) is 4.52. The lowest BCUT2D eigenvalue weighted by atomic mass is 9.88. The van der Waals surface area contributed by atoms with E-state index in [-0.39, 0.29) is 0 Å². The van der Waals surface area contributed by atoms with Crippen molar-refractivity contribution in [2.75, 3.05) is 13.7 Å². The molecule has 3 atom stereocenters. The van der Waals surface area contributed by atoms with Gasteiger partial charge in [-0.1, -0.05) is 33.6 Å². The van der Waals surface area contributed by atoms with E-state index in [4.69, 9.17) is 4.74 Å². The van der Waals surface area contributed by atoms with Gasteiger partial charge in [0, 0.05) is 6.04 Å². The van der Waals surface area contributed by atoms with Crippen LogP contribution in [0.4, 0.5) is 0 Å². The maximum atomic E-state index is 6.01. The number of rotatable bonds is 5. The van der Waals surface area contributed by atoms with Gasteiger partial charge in [0.15, 0.2) is 0 Å². The molecule has 0 aromatic carbocycles. The summed E-state index contributed by atoms with van der Waals surface area (Å²) in [7, 11) is 2.03. The van der Waals surface area contributed by atoms with E-state index in [9.17, 15) is 0 Å². The fraction of sp³-hybridized carbons (Fsp3) is 1.00. The fourth-order valence-electron chi connectivity index (χ4n) is 2.38. The van der Waals surface area contributed by atoms with Crippen LogP contribution >= 0.6 is 0 Å². The topological polar surface area (TPSA) is 21.3 Å². The molecule has 1 rings (SSSR count). The van der Waals surface area contributed by atoms with Crippen molar-refractivity contribution < 1.29 is 4.74 Å². The first-order valence-electron chi connectivity index (χ1n) is 6.42. The molecule has 0 amide bonds. The summed E-state index contributed by atoms with van der Waals surface area (Å²) in [5, 5.41) is 3.33. The minimum atomic E-state index is 0.502. The number of hydrogen-bond donors (Lipinski definition) is 1. The smallest absolute Gasteiger partial charge is 0.0625 e. The van der Waals surface area contributed by atoms with Crippen molar-refractivity contribution in [1.29, 1.82) is 0 Å². The van der Waals surface area contributed by atoms with Crippen LogP contribution in [0.15, 0.2) is 0 Å². The van der Waals surface area contributed by atoms with Crippen LogP contribution in [0, 0.1) is 11.8 Å². The number of ether oxygens (including phenoxy) is 1. The van der Waals surface area contributed by atoms with Gasteiger partial charge in [-0.05, 0) is 31.7 Å². The first-order chi connectivity index (χ1) is 7.13. The van der Waals surface area contributed by atoms with E-state index in [2.05, 4.69) is 26.1 Å². The van der Waals surface area contributed by atoms with Crippen LogP contribution in [-0.4, -0.2) is 25.8 Å².